The number of rotatable bonds is 0. The van der Waals surface area contributed by atoms with Gasteiger partial charge in [-0.2, -0.15) is 0 Å². The lowest BCUT2D eigenvalue weighted by molar-refractivity contribution is 0.194. The van der Waals surface area contributed by atoms with Crippen molar-refractivity contribution in [2.75, 3.05) is 6.54 Å². The summed E-state index contributed by atoms with van der Waals surface area (Å²) < 4.78 is 0. The molecule has 50 valence electrons. The van der Waals surface area contributed by atoms with Gasteiger partial charge in [-0.25, -0.2) is 0 Å². The first-order chi connectivity index (χ1) is 3.29. The molecule has 2 atom stereocenters. The monoisotopic (exact) mass is 137 g/mol. The van der Waals surface area contributed by atoms with E-state index in [1.54, 1.807) is 0 Å². The van der Waals surface area contributed by atoms with Gasteiger partial charge in [0.1, 0.15) is 0 Å². The molecule has 0 aromatic rings. The van der Waals surface area contributed by atoms with Gasteiger partial charge in [-0.15, -0.1) is 12.4 Å². The summed E-state index contributed by atoms with van der Waals surface area (Å²) >= 11 is 0. The van der Waals surface area contributed by atoms with Gasteiger partial charge in [0, 0.05) is 12.6 Å². The smallest absolute Gasteiger partial charge is 0.0679 e. The SMILES string of the molecule is CC1C[C@@H](O)CN1.Cl. The van der Waals surface area contributed by atoms with Crippen LogP contribution in [0.3, 0.4) is 0 Å². The van der Waals surface area contributed by atoms with Crippen LogP contribution < -0.4 is 5.32 Å². The maximum Gasteiger partial charge on any atom is 0.0679 e. The number of aliphatic hydroxyl groups is 1. The Labute approximate surface area is 55.7 Å². The van der Waals surface area contributed by atoms with Gasteiger partial charge in [0.05, 0.1) is 6.10 Å². The lowest BCUT2D eigenvalue weighted by atomic mass is 10.2. The molecule has 0 radical (unpaired) electrons. The molecule has 1 saturated heterocycles. The summed E-state index contributed by atoms with van der Waals surface area (Å²) in [4.78, 5) is 0. The Hall–Kier alpha value is 0.210. The summed E-state index contributed by atoms with van der Waals surface area (Å²) in [7, 11) is 0. The first-order valence-corrected chi connectivity index (χ1v) is 2.70. The van der Waals surface area contributed by atoms with Crippen molar-refractivity contribution in [2.45, 2.75) is 25.5 Å². The summed E-state index contributed by atoms with van der Waals surface area (Å²) in [5, 5.41) is 12.0. The highest BCUT2D eigenvalue weighted by Gasteiger charge is 2.16. The van der Waals surface area contributed by atoms with Crippen molar-refractivity contribution >= 4 is 12.4 Å². The van der Waals surface area contributed by atoms with Gasteiger partial charge in [-0.1, -0.05) is 0 Å². The van der Waals surface area contributed by atoms with Gasteiger partial charge >= 0.3 is 0 Å². The van der Waals surface area contributed by atoms with E-state index in [1.165, 1.54) is 0 Å². The molecular weight excluding hydrogens is 126 g/mol. The van der Waals surface area contributed by atoms with Crippen molar-refractivity contribution in [3.8, 4) is 0 Å². The van der Waals surface area contributed by atoms with Crippen molar-refractivity contribution in [2.24, 2.45) is 0 Å². The van der Waals surface area contributed by atoms with Crippen LogP contribution >= 0.6 is 12.4 Å². The molecule has 2 N–H and O–H groups in total. The molecule has 1 aliphatic heterocycles. The van der Waals surface area contributed by atoms with Crippen molar-refractivity contribution in [1.29, 1.82) is 0 Å². The minimum Gasteiger partial charge on any atom is -0.392 e. The highest BCUT2D eigenvalue weighted by atomic mass is 35.5. The molecule has 8 heavy (non-hydrogen) atoms. The van der Waals surface area contributed by atoms with Crippen LogP contribution in [0.1, 0.15) is 13.3 Å². The molecule has 1 fully saturated rings. The van der Waals surface area contributed by atoms with Gasteiger partial charge in [0.15, 0.2) is 0 Å². The van der Waals surface area contributed by atoms with E-state index in [0.717, 1.165) is 13.0 Å². The summed E-state index contributed by atoms with van der Waals surface area (Å²) in [5.41, 5.74) is 0. The molecule has 0 bridgehead atoms. The maximum atomic E-state index is 8.84. The number of aliphatic hydroxyl groups excluding tert-OH is 1. The average Bonchev–Trinajstić information content (AvgIpc) is 1.87. The van der Waals surface area contributed by atoms with Crippen molar-refractivity contribution in [1.82, 2.24) is 5.32 Å². The lowest BCUT2D eigenvalue weighted by Gasteiger charge is -1.95. The van der Waals surface area contributed by atoms with Crippen molar-refractivity contribution in [3.05, 3.63) is 0 Å². The van der Waals surface area contributed by atoms with Crippen LogP contribution in [0.2, 0.25) is 0 Å². The van der Waals surface area contributed by atoms with Crippen LogP contribution in [-0.4, -0.2) is 23.8 Å². The van der Waals surface area contributed by atoms with Crippen LogP contribution in [-0.2, 0) is 0 Å². The Kier molecular flexibility index (Phi) is 3.36. The molecule has 0 aromatic carbocycles. The van der Waals surface area contributed by atoms with Crippen LogP contribution in [0, 0.1) is 0 Å². The normalized spacial score (nSPS) is 36.8. The third-order valence-corrected chi connectivity index (χ3v) is 1.33. The quantitative estimate of drug-likeness (QED) is 0.498. The minimum atomic E-state index is -0.0880. The predicted molar refractivity (Wildman–Crippen MR) is 35.3 cm³/mol. The van der Waals surface area contributed by atoms with Gasteiger partial charge in [0.25, 0.3) is 0 Å². The second-order valence-electron chi connectivity index (χ2n) is 2.20. The Morgan fingerprint density at radius 3 is 2.38 bits per heavy atom. The van der Waals surface area contributed by atoms with E-state index in [9.17, 15) is 0 Å². The first-order valence-electron chi connectivity index (χ1n) is 2.70. The fourth-order valence-electron chi connectivity index (χ4n) is 0.912. The Bertz CT molecular complexity index is 61.4. The third kappa shape index (κ3) is 1.99. The molecule has 1 unspecified atom stereocenters. The average molecular weight is 138 g/mol. The Balaban J connectivity index is 0.000000490. The zero-order chi connectivity index (χ0) is 5.28. The molecule has 2 nitrogen and oxygen atoms in total. The standard InChI is InChI=1S/C5H11NO.ClH/c1-4-2-5(7)3-6-4;/h4-7H,2-3H2,1H3;1H/t4?,5-;/m1./s1. The van der Waals surface area contributed by atoms with E-state index >= 15 is 0 Å². The number of nitrogens with one attached hydrogen (secondary N) is 1. The zero-order valence-electron chi connectivity index (χ0n) is 4.92. The summed E-state index contributed by atoms with van der Waals surface area (Å²) in [6.07, 6.45) is 0.829. The predicted octanol–water partition coefficient (Wildman–Crippen LogP) is 0.151. The first kappa shape index (κ1) is 8.21. The molecule has 3 heteroatoms. The van der Waals surface area contributed by atoms with Crippen molar-refractivity contribution < 1.29 is 5.11 Å². The number of β-amino-alcohol motifs (C(OH)–C–C–N with tert-alkyl or cyclic N) is 1. The van der Waals surface area contributed by atoms with E-state index < -0.39 is 0 Å². The van der Waals surface area contributed by atoms with Crippen LogP contribution in [0.25, 0.3) is 0 Å². The van der Waals surface area contributed by atoms with Gasteiger partial charge in [-0.3, -0.25) is 0 Å². The molecule has 0 spiro atoms. The number of halogens is 1. The molecule has 1 rings (SSSR count). The fourth-order valence-corrected chi connectivity index (χ4v) is 0.912. The minimum absolute atomic E-state index is 0. The summed E-state index contributed by atoms with van der Waals surface area (Å²) in [5.74, 6) is 0. The molecule has 1 aliphatic rings. The van der Waals surface area contributed by atoms with E-state index in [4.69, 9.17) is 5.11 Å². The molecular formula is C5H12ClNO. The topological polar surface area (TPSA) is 32.3 Å². The second-order valence-corrected chi connectivity index (χ2v) is 2.20. The Morgan fingerprint density at radius 2 is 2.25 bits per heavy atom. The van der Waals surface area contributed by atoms with Crippen LogP contribution in [0.5, 0.6) is 0 Å². The van der Waals surface area contributed by atoms with E-state index in [0.29, 0.717) is 6.04 Å². The third-order valence-electron chi connectivity index (χ3n) is 1.33. The van der Waals surface area contributed by atoms with E-state index in [2.05, 4.69) is 12.2 Å². The highest BCUT2D eigenvalue weighted by molar-refractivity contribution is 5.85. The van der Waals surface area contributed by atoms with Crippen molar-refractivity contribution in [3.63, 3.8) is 0 Å². The van der Waals surface area contributed by atoms with Crippen LogP contribution in [0.4, 0.5) is 0 Å². The summed E-state index contributed by atoms with van der Waals surface area (Å²) in [6, 6.07) is 0.523. The van der Waals surface area contributed by atoms with Crippen LogP contribution in [0.15, 0.2) is 0 Å². The molecule has 0 aromatic heterocycles. The molecule has 0 aliphatic carbocycles. The number of hydrogen-bond donors (Lipinski definition) is 2. The number of hydrogen-bond acceptors (Lipinski definition) is 2. The Morgan fingerprint density at radius 1 is 1.62 bits per heavy atom. The highest BCUT2D eigenvalue weighted by Crippen LogP contribution is 2.03. The molecule has 1 heterocycles. The lowest BCUT2D eigenvalue weighted by Crippen LogP contribution is -2.17. The summed E-state index contributed by atoms with van der Waals surface area (Å²) in [6.45, 7) is 2.86. The molecule has 0 saturated carbocycles. The fraction of sp³-hybridized carbons (Fsp3) is 1.00. The van der Waals surface area contributed by atoms with Gasteiger partial charge in [-0.05, 0) is 13.3 Å². The largest absolute Gasteiger partial charge is 0.392 e. The van der Waals surface area contributed by atoms with Gasteiger partial charge in [0.2, 0.25) is 0 Å². The maximum absolute atomic E-state index is 8.84. The van der Waals surface area contributed by atoms with Gasteiger partial charge < -0.3 is 10.4 Å². The van der Waals surface area contributed by atoms with E-state index in [1.807, 2.05) is 0 Å². The second kappa shape index (κ2) is 3.28. The molecule has 0 amide bonds. The van der Waals surface area contributed by atoms with E-state index in [-0.39, 0.29) is 18.5 Å². The zero-order valence-corrected chi connectivity index (χ0v) is 5.74.